The fourth-order valence-electron chi connectivity index (χ4n) is 6.47. The molecule has 2 aliphatic rings. The fourth-order valence-corrected chi connectivity index (χ4v) is 6.47. The third-order valence-corrected chi connectivity index (χ3v) is 8.81. The maximum Gasteiger partial charge on any atom is 0.342 e. The molecule has 0 saturated carbocycles. The Morgan fingerprint density at radius 1 is 0.854 bits per heavy atom. The van der Waals surface area contributed by atoms with E-state index in [1.165, 1.54) is 11.1 Å². The molecule has 3 atom stereocenters. The van der Waals surface area contributed by atoms with Gasteiger partial charge in [0.1, 0.15) is 0 Å². The molecule has 0 aliphatic carbocycles. The number of carbonyl (C=O) groups is 1. The van der Waals surface area contributed by atoms with Gasteiger partial charge in [-0.15, -0.1) is 0 Å². The lowest BCUT2D eigenvalue weighted by Crippen LogP contribution is -2.44. The minimum absolute atomic E-state index is 0.380. The molecule has 5 nitrogen and oxygen atoms in total. The molecule has 0 amide bonds. The second-order valence-corrected chi connectivity index (χ2v) is 11.2. The van der Waals surface area contributed by atoms with E-state index in [1.54, 1.807) is 24.3 Å². The first-order valence-electron chi connectivity index (χ1n) is 14.6. The minimum atomic E-state index is -1.37. The van der Waals surface area contributed by atoms with Crippen LogP contribution in [0.2, 0.25) is 0 Å². The van der Waals surface area contributed by atoms with Crippen molar-refractivity contribution in [1.82, 2.24) is 4.90 Å². The van der Waals surface area contributed by atoms with Gasteiger partial charge in [0.05, 0.1) is 6.61 Å². The van der Waals surface area contributed by atoms with Crippen molar-refractivity contribution in [3.8, 4) is 0 Å². The monoisotopic (exact) mass is 547 g/mol. The summed E-state index contributed by atoms with van der Waals surface area (Å²) in [6, 6.07) is 38.4. The highest BCUT2D eigenvalue weighted by atomic mass is 16.7. The molecule has 6 rings (SSSR count). The fraction of sp³-hybridized carbons (Fsp3) is 0.306. The number of esters is 1. The molecule has 0 radical (unpaired) electrons. The van der Waals surface area contributed by atoms with Crippen LogP contribution in [0.4, 0.5) is 0 Å². The third-order valence-electron chi connectivity index (χ3n) is 8.81. The van der Waals surface area contributed by atoms with Crippen molar-refractivity contribution in [2.24, 2.45) is 0 Å². The molecule has 5 heteroatoms. The second kappa shape index (κ2) is 12.4. The highest BCUT2D eigenvalue weighted by Crippen LogP contribution is 2.45. The normalized spacial score (nSPS) is 22.0. The summed E-state index contributed by atoms with van der Waals surface area (Å²) in [5.74, 6) is -0.0968. The SMILES string of the molecule is O=C(OC1OCC(CCN2CCC(c3ccccc3)CC2)(c2ccccc2)c2ccccc21)[C@H](O)c1ccccc1. The van der Waals surface area contributed by atoms with Crippen LogP contribution in [0.15, 0.2) is 115 Å². The summed E-state index contributed by atoms with van der Waals surface area (Å²) < 4.78 is 12.2. The van der Waals surface area contributed by atoms with Crippen LogP contribution in [-0.2, 0) is 19.7 Å². The summed E-state index contributed by atoms with van der Waals surface area (Å²) in [6.45, 7) is 3.48. The summed E-state index contributed by atoms with van der Waals surface area (Å²) in [5.41, 5.74) is 4.70. The predicted molar refractivity (Wildman–Crippen MR) is 159 cm³/mol. The van der Waals surface area contributed by atoms with Gasteiger partial charge in [0.25, 0.3) is 0 Å². The molecule has 2 aliphatic heterocycles. The lowest BCUT2D eigenvalue weighted by Gasteiger charge is -2.43. The van der Waals surface area contributed by atoms with Gasteiger partial charge in [-0.05, 0) is 67.1 Å². The highest BCUT2D eigenvalue weighted by Gasteiger charge is 2.43. The van der Waals surface area contributed by atoms with Crippen LogP contribution in [0.25, 0.3) is 0 Å². The lowest BCUT2D eigenvalue weighted by molar-refractivity contribution is -0.197. The zero-order chi connectivity index (χ0) is 28.1. The van der Waals surface area contributed by atoms with E-state index in [1.807, 2.05) is 30.3 Å². The maximum absolute atomic E-state index is 13.0. The topological polar surface area (TPSA) is 59.0 Å². The van der Waals surface area contributed by atoms with Crippen molar-refractivity contribution < 1.29 is 19.4 Å². The van der Waals surface area contributed by atoms with Gasteiger partial charge in [0, 0.05) is 11.0 Å². The molecule has 4 aromatic rings. The Labute approximate surface area is 242 Å². The molecule has 0 bridgehead atoms. The number of ether oxygens (including phenoxy) is 2. The van der Waals surface area contributed by atoms with E-state index in [9.17, 15) is 9.90 Å². The number of aliphatic hydroxyl groups is 1. The molecule has 0 spiro atoms. The first-order chi connectivity index (χ1) is 20.1. The predicted octanol–water partition coefficient (Wildman–Crippen LogP) is 6.55. The number of fused-ring (bicyclic) bond motifs is 1. The van der Waals surface area contributed by atoms with Crippen LogP contribution in [-0.4, -0.2) is 42.2 Å². The van der Waals surface area contributed by atoms with Gasteiger partial charge in [0.15, 0.2) is 6.10 Å². The van der Waals surface area contributed by atoms with Gasteiger partial charge >= 0.3 is 5.97 Å². The lowest BCUT2D eigenvalue weighted by atomic mass is 9.69. The number of carbonyl (C=O) groups excluding carboxylic acids is 1. The molecule has 4 aromatic carbocycles. The van der Waals surface area contributed by atoms with Crippen molar-refractivity contribution in [3.05, 3.63) is 143 Å². The number of nitrogens with zero attached hydrogens (tertiary/aromatic N) is 1. The van der Waals surface area contributed by atoms with E-state index in [2.05, 4.69) is 65.6 Å². The molecular formula is C36H37NO4. The number of hydrogen-bond acceptors (Lipinski definition) is 5. The van der Waals surface area contributed by atoms with Crippen molar-refractivity contribution in [1.29, 1.82) is 0 Å². The minimum Gasteiger partial charge on any atom is -0.429 e. The molecule has 1 fully saturated rings. The summed E-state index contributed by atoms with van der Waals surface area (Å²) in [7, 11) is 0. The highest BCUT2D eigenvalue weighted by molar-refractivity contribution is 5.76. The Bertz CT molecular complexity index is 1420. The number of piperidine rings is 1. The molecular weight excluding hydrogens is 510 g/mol. The van der Waals surface area contributed by atoms with Crippen LogP contribution < -0.4 is 0 Å². The van der Waals surface area contributed by atoms with E-state index < -0.39 is 18.4 Å². The Morgan fingerprint density at radius 2 is 1.46 bits per heavy atom. The van der Waals surface area contributed by atoms with E-state index in [4.69, 9.17) is 9.47 Å². The van der Waals surface area contributed by atoms with Gasteiger partial charge < -0.3 is 19.5 Å². The zero-order valence-corrected chi connectivity index (χ0v) is 23.3. The van der Waals surface area contributed by atoms with Gasteiger partial charge in [0.2, 0.25) is 6.29 Å². The number of rotatable bonds is 8. The average Bonchev–Trinajstić information content (AvgIpc) is 3.05. The van der Waals surface area contributed by atoms with E-state index in [-0.39, 0.29) is 5.41 Å². The van der Waals surface area contributed by atoms with Crippen LogP contribution >= 0.6 is 0 Å². The first-order valence-corrected chi connectivity index (χ1v) is 14.6. The van der Waals surface area contributed by atoms with Crippen LogP contribution in [0.5, 0.6) is 0 Å². The van der Waals surface area contributed by atoms with Crippen LogP contribution in [0, 0.1) is 0 Å². The number of benzene rings is 4. The number of aliphatic hydroxyl groups excluding tert-OH is 1. The quantitative estimate of drug-likeness (QED) is 0.254. The molecule has 210 valence electrons. The van der Waals surface area contributed by atoms with E-state index in [0.717, 1.165) is 50.0 Å². The standard InChI is InChI=1S/C36H37NO4/c38-33(29-14-6-2-7-15-29)34(39)41-35-31-18-10-11-19-32(31)36(26-40-35,30-16-8-3-9-17-30)22-25-37-23-20-28(21-24-37)27-12-4-1-5-13-27/h1-19,28,33,35,38H,20-26H2/t33-,35?,36?/m1/s1. The van der Waals surface area contributed by atoms with Gasteiger partial charge in [-0.1, -0.05) is 115 Å². The molecule has 1 N–H and O–H groups in total. The smallest absolute Gasteiger partial charge is 0.342 e. The molecule has 0 aromatic heterocycles. The Balaban J connectivity index is 1.22. The summed E-state index contributed by atoms with van der Waals surface area (Å²) in [5, 5.41) is 10.6. The van der Waals surface area contributed by atoms with Crippen molar-refractivity contribution in [3.63, 3.8) is 0 Å². The third kappa shape index (κ3) is 5.84. The second-order valence-electron chi connectivity index (χ2n) is 11.2. The average molecular weight is 548 g/mol. The van der Waals surface area contributed by atoms with E-state index in [0.29, 0.717) is 18.1 Å². The van der Waals surface area contributed by atoms with Crippen LogP contribution in [0.1, 0.15) is 65.4 Å². The summed E-state index contributed by atoms with van der Waals surface area (Å²) in [6.07, 6.45) is 0.966. The Kier molecular flexibility index (Phi) is 8.28. The van der Waals surface area contributed by atoms with Gasteiger partial charge in [-0.3, -0.25) is 0 Å². The molecule has 1 saturated heterocycles. The molecule has 2 unspecified atom stereocenters. The van der Waals surface area contributed by atoms with E-state index >= 15 is 0 Å². The Hall–Kier alpha value is -3.77. The number of likely N-dealkylation sites (tertiary alicyclic amines) is 1. The number of hydrogen-bond donors (Lipinski definition) is 1. The molecule has 2 heterocycles. The van der Waals surface area contributed by atoms with Gasteiger partial charge in [-0.25, -0.2) is 4.79 Å². The van der Waals surface area contributed by atoms with Crippen molar-refractivity contribution >= 4 is 5.97 Å². The van der Waals surface area contributed by atoms with Gasteiger partial charge in [-0.2, -0.15) is 0 Å². The summed E-state index contributed by atoms with van der Waals surface area (Å²) >= 11 is 0. The van der Waals surface area contributed by atoms with Crippen LogP contribution in [0.3, 0.4) is 0 Å². The first kappa shape index (κ1) is 27.4. The Morgan fingerprint density at radius 3 is 2.17 bits per heavy atom. The van der Waals surface area contributed by atoms with Crippen molar-refractivity contribution in [2.45, 2.75) is 43.0 Å². The van der Waals surface area contributed by atoms with Crippen molar-refractivity contribution in [2.75, 3.05) is 26.2 Å². The summed E-state index contributed by atoms with van der Waals surface area (Å²) in [4.78, 5) is 15.5. The molecule has 41 heavy (non-hydrogen) atoms. The zero-order valence-electron chi connectivity index (χ0n) is 23.3. The maximum atomic E-state index is 13.0. The largest absolute Gasteiger partial charge is 0.429 e.